The van der Waals surface area contributed by atoms with E-state index in [-0.39, 0.29) is 18.0 Å². The molecule has 1 aliphatic heterocycles. The molecule has 12 heteroatoms. The predicted octanol–water partition coefficient (Wildman–Crippen LogP) is 9.04. The Morgan fingerprint density at radius 3 is 2.46 bits per heavy atom. The van der Waals surface area contributed by atoms with Crippen molar-refractivity contribution in [2.24, 2.45) is 29.6 Å². The fourth-order valence-corrected chi connectivity index (χ4v) is 8.28. The largest absolute Gasteiger partial charge is 0.496 e. The summed E-state index contributed by atoms with van der Waals surface area (Å²) in [6, 6.07) is 6.29. The van der Waals surface area contributed by atoms with Gasteiger partial charge in [-0.3, -0.25) is 9.59 Å². The van der Waals surface area contributed by atoms with Crippen LogP contribution in [0.5, 0.6) is 5.75 Å². The van der Waals surface area contributed by atoms with Gasteiger partial charge in [0.25, 0.3) is 5.91 Å². The zero-order chi connectivity index (χ0) is 35.0. The number of benzene rings is 2. The van der Waals surface area contributed by atoms with E-state index in [1.165, 1.54) is 44.9 Å². The Bertz CT molecular complexity index is 1530. The van der Waals surface area contributed by atoms with Crippen LogP contribution >= 0.6 is 11.3 Å². The molecular formula is C36H47F4N3O4S. The standard InChI is InChI=1S/C18H22N2O2S.C10H20O.C8H5F4NO/c1-9-11-4-5-12(8-11)16(9)20-18(21)15-14(22-3)7-6-13-17(15)23-10(2)19-13;1-3-5-10-6-9(4-2)7-11-8-10;9-7-2-1-5(13-4-14)3-6(7)8(10,11)12/h6-7,9,11-12,16H,4-5,8H2,1-3H3,(H,20,21);9-10H,3-8H2,1-2H3;1-4H,(H,13,14)/t9?,11-,12?,16?;;/m1../s1. The van der Waals surface area contributed by atoms with Gasteiger partial charge in [0.05, 0.1) is 27.9 Å². The molecule has 1 aromatic heterocycles. The minimum absolute atomic E-state index is 0.0134. The summed E-state index contributed by atoms with van der Waals surface area (Å²) in [5.41, 5.74) is 0.0167. The molecule has 2 bridgehead atoms. The molecule has 6 atom stereocenters. The maximum absolute atomic E-state index is 13.0. The number of halogens is 4. The molecule has 2 aliphatic carbocycles. The van der Waals surface area contributed by atoms with Crippen molar-refractivity contribution in [3.8, 4) is 5.75 Å². The Morgan fingerprint density at radius 1 is 1.10 bits per heavy atom. The lowest BCUT2D eigenvalue weighted by Crippen LogP contribution is -2.43. The van der Waals surface area contributed by atoms with Gasteiger partial charge in [-0.15, -0.1) is 11.3 Å². The van der Waals surface area contributed by atoms with Gasteiger partial charge < -0.3 is 20.1 Å². The summed E-state index contributed by atoms with van der Waals surface area (Å²) in [4.78, 5) is 27.4. The first-order valence-electron chi connectivity index (χ1n) is 16.8. The molecule has 2 saturated carbocycles. The lowest BCUT2D eigenvalue weighted by atomic mass is 9.86. The molecule has 7 nitrogen and oxygen atoms in total. The number of alkyl halides is 3. The van der Waals surface area contributed by atoms with Crippen molar-refractivity contribution >= 4 is 39.6 Å². The summed E-state index contributed by atoms with van der Waals surface area (Å²) >= 11 is 1.56. The number of fused-ring (bicyclic) bond motifs is 3. The van der Waals surface area contributed by atoms with Crippen LogP contribution in [0.2, 0.25) is 0 Å². The van der Waals surface area contributed by atoms with E-state index in [2.05, 4.69) is 31.1 Å². The molecule has 0 spiro atoms. The first-order chi connectivity index (χ1) is 22.9. The normalized spacial score (nSPS) is 24.6. The molecule has 3 fully saturated rings. The second-order valence-corrected chi connectivity index (χ2v) is 14.3. The Balaban J connectivity index is 0.000000178. The number of amides is 2. The average molecular weight is 694 g/mol. The van der Waals surface area contributed by atoms with E-state index >= 15 is 0 Å². The second kappa shape index (κ2) is 16.9. The zero-order valence-electron chi connectivity index (χ0n) is 28.3. The van der Waals surface area contributed by atoms with Crippen molar-refractivity contribution in [2.75, 3.05) is 25.6 Å². The van der Waals surface area contributed by atoms with Crippen molar-refractivity contribution in [1.29, 1.82) is 0 Å². The molecule has 5 unspecified atom stereocenters. The van der Waals surface area contributed by atoms with E-state index in [0.29, 0.717) is 41.3 Å². The SMILES string of the molecule is CCCC1COCC(CC)C1.COc1ccc2nc(C)sc2c1C(=O)NC1C2CC[C@H](C2)C1C.O=CNc1ccc(F)c(C(F)(F)F)c1. The lowest BCUT2D eigenvalue weighted by Gasteiger charge is -2.29. The maximum Gasteiger partial charge on any atom is 0.419 e. The van der Waals surface area contributed by atoms with Gasteiger partial charge in [-0.05, 0) is 98.9 Å². The van der Waals surface area contributed by atoms with Crippen LogP contribution in [0, 0.1) is 42.3 Å². The highest BCUT2D eigenvalue weighted by Gasteiger charge is 2.46. The number of aromatic nitrogens is 1. The third-order valence-electron chi connectivity index (χ3n) is 9.85. The summed E-state index contributed by atoms with van der Waals surface area (Å²) in [6.45, 7) is 10.8. The molecule has 2 amide bonds. The highest BCUT2D eigenvalue weighted by molar-refractivity contribution is 7.19. The number of thiazole rings is 1. The van der Waals surface area contributed by atoms with Crippen molar-refractivity contribution < 1.29 is 36.6 Å². The zero-order valence-corrected chi connectivity index (χ0v) is 29.1. The third-order valence-corrected chi connectivity index (χ3v) is 10.9. The first-order valence-corrected chi connectivity index (χ1v) is 17.6. The van der Waals surface area contributed by atoms with Crippen molar-refractivity contribution in [3.05, 3.63) is 52.3 Å². The number of aryl methyl sites for hydroxylation is 1. The minimum atomic E-state index is -4.76. The van der Waals surface area contributed by atoms with Gasteiger partial charge in [0, 0.05) is 24.9 Å². The van der Waals surface area contributed by atoms with Crippen LogP contribution in [0.25, 0.3) is 10.2 Å². The highest BCUT2D eigenvalue weighted by Crippen LogP contribution is 2.48. The molecule has 264 valence electrons. The van der Waals surface area contributed by atoms with Crippen molar-refractivity contribution in [1.82, 2.24) is 10.3 Å². The molecule has 0 radical (unpaired) electrons. The molecule has 48 heavy (non-hydrogen) atoms. The van der Waals surface area contributed by atoms with Gasteiger partial charge in [-0.1, -0.05) is 33.6 Å². The summed E-state index contributed by atoms with van der Waals surface area (Å²) in [6.07, 6.45) is 4.67. The molecule has 6 rings (SSSR count). The fourth-order valence-electron chi connectivity index (χ4n) is 7.33. The van der Waals surface area contributed by atoms with E-state index in [1.54, 1.807) is 18.4 Å². The Kier molecular flexibility index (Phi) is 13.2. The Hall–Kier alpha value is -3.25. The van der Waals surface area contributed by atoms with E-state index in [1.807, 2.05) is 24.4 Å². The number of anilines is 1. The van der Waals surface area contributed by atoms with Crippen LogP contribution in [0.4, 0.5) is 23.2 Å². The molecule has 3 aromatic rings. The van der Waals surface area contributed by atoms with Gasteiger partial charge in [-0.2, -0.15) is 13.2 Å². The molecule has 3 aliphatic rings. The molecule has 2 aromatic carbocycles. The van der Waals surface area contributed by atoms with Gasteiger partial charge >= 0.3 is 6.18 Å². The summed E-state index contributed by atoms with van der Waals surface area (Å²) < 4.78 is 60.9. The van der Waals surface area contributed by atoms with Crippen molar-refractivity contribution in [3.63, 3.8) is 0 Å². The van der Waals surface area contributed by atoms with Crippen LogP contribution in [0.1, 0.15) is 86.6 Å². The summed E-state index contributed by atoms with van der Waals surface area (Å²) in [7, 11) is 1.62. The van der Waals surface area contributed by atoms with E-state index in [9.17, 15) is 27.2 Å². The van der Waals surface area contributed by atoms with Gasteiger partial charge in [-0.25, -0.2) is 9.37 Å². The van der Waals surface area contributed by atoms with Crippen LogP contribution in [-0.2, 0) is 15.7 Å². The average Bonchev–Trinajstić information content (AvgIpc) is 3.77. The number of nitrogens with zero attached hydrogens (tertiary/aromatic N) is 1. The van der Waals surface area contributed by atoms with Gasteiger partial charge in [0.15, 0.2) is 0 Å². The lowest BCUT2D eigenvalue weighted by molar-refractivity contribution is -0.140. The molecular weight excluding hydrogens is 646 g/mol. The summed E-state index contributed by atoms with van der Waals surface area (Å²) in [5.74, 6) is 2.97. The minimum Gasteiger partial charge on any atom is -0.496 e. The number of rotatable bonds is 8. The number of methoxy groups -OCH3 is 1. The molecule has 2 N–H and O–H groups in total. The predicted molar refractivity (Wildman–Crippen MR) is 181 cm³/mol. The van der Waals surface area contributed by atoms with Gasteiger partial charge in [0.1, 0.15) is 17.1 Å². The fraction of sp³-hybridized carbons (Fsp3) is 0.583. The number of nitrogens with one attached hydrogen (secondary N) is 2. The molecule has 2 heterocycles. The van der Waals surface area contributed by atoms with E-state index < -0.39 is 17.6 Å². The van der Waals surface area contributed by atoms with Crippen LogP contribution in [0.3, 0.4) is 0 Å². The third kappa shape index (κ3) is 9.25. The van der Waals surface area contributed by atoms with Crippen LogP contribution < -0.4 is 15.4 Å². The quantitative estimate of drug-likeness (QED) is 0.182. The van der Waals surface area contributed by atoms with E-state index in [4.69, 9.17) is 9.47 Å². The number of carbonyl (C=O) groups is 2. The van der Waals surface area contributed by atoms with E-state index in [0.717, 1.165) is 52.3 Å². The Morgan fingerprint density at radius 2 is 1.83 bits per heavy atom. The van der Waals surface area contributed by atoms with Gasteiger partial charge in [0.2, 0.25) is 6.41 Å². The highest BCUT2D eigenvalue weighted by atomic mass is 32.1. The smallest absolute Gasteiger partial charge is 0.419 e. The second-order valence-electron chi connectivity index (χ2n) is 13.1. The van der Waals surface area contributed by atoms with Crippen molar-refractivity contribution in [2.45, 2.75) is 84.9 Å². The topological polar surface area (TPSA) is 89.6 Å². The number of carbonyl (C=O) groups excluding carboxylic acids is 2. The number of hydrogen-bond acceptors (Lipinski definition) is 6. The first kappa shape index (κ1) is 37.6. The Labute approximate surface area is 284 Å². The monoisotopic (exact) mass is 693 g/mol. The maximum atomic E-state index is 13.0. The molecule has 1 saturated heterocycles. The van der Waals surface area contributed by atoms with Crippen LogP contribution in [0.15, 0.2) is 30.3 Å². The van der Waals surface area contributed by atoms with Crippen LogP contribution in [-0.4, -0.2) is 43.7 Å². The summed E-state index contributed by atoms with van der Waals surface area (Å²) in [5, 5.41) is 6.28. The number of ether oxygens (including phenoxy) is 2. The number of hydrogen-bond donors (Lipinski definition) is 2.